The van der Waals surface area contributed by atoms with Gasteiger partial charge < -0.3 is 4.57 Å². The number of rotatable bonds is 5. The van der Waals surface area contributed by atoms with Crippen LogP contribution in [0.15, 0.2) is 47.0 Å². The van der Waals surface area contributed by atoms with Gasteiger partial charge in [-0.15, -0.1) is 0 Å². The molecule has 0 spiro atoms. The largest absolute Gasteiger partial charge is 0.417 e. The van der Waals surface area contributed by atoms with Crippen molar-refractivity contribution in [3.63, 3.8) is 0 Å². The van der Waals surface area contributed by atoms with Crippen LogP contribution in [0.1, 0.15) is 52.7 Å². The molecule has 2 aromatic carbocycles. The Morgan fingerprint density at radius 3 is 2.11 bits per heavy atom. The maximum absolute atomic E-state index is 16.0. The van der Waals surface area contributed by atoms with Gasteiger partial charge in [-0.25, -0.2) is 17.4 Å². The Bertz CT molecular complexity index is 1330. The van der Waals surface area contributed by atoms with Crippen molar-refractivity contribution in [2.24, 2.45) is 9.81 Å². The molecule has 0 radical (unpaired) electrons. The van der Waals surface area contributed by atoms with Gasteiger partial charge in [-0.3, -0.25) is 0 Å². The van der Waals surface area contributed by atoms with Crippen LogP contribution in [0.3, 0.4) is 0 Å². The van der Waals surface area contributed by atoms with Gasteiger partial charge in [-0.2, -0.15) is 17.6 Å². The van der Waals surface area contributed by atoms with E-state index in [2.05, 4.69) is 4.40 Å². The molecule has 0 aliphatic heterocycles. The van der Waals surface area contributed by atoms with Crippen molar-refractivity contribution < 1.29 is 30.6 Å². The molecule has 1 aromatic heterocycles. The fourth-order valence-electron chi connectivity index (χ4n) is 3.80. The summed E-state index contributed by atoms with van der Waals surface area (Å²) in [5.74, 6) is -0.967. The summed E-state index contributed by atoms with van der Waals surface area (Å²) >= 11 is 0. The van der Waals surface area contributed by atoms with Gasteiger partial charge in [0.15, 0.2) is 5.82 Å². The fourth-order valence-corrected chi connectivity index (χ4v) is 4.43. The number of nitrogens with zero attached hydrogens (tertiary/aromatic N) is 2. The highest BCUT2D eigenvalue weighted by Gasteiger charge is 2.35. The monoisotopic (exact) mass is 530 g/mol. The molecule has 0 bridgehead atoms. The molecule has 0 fully saturated rings. The normalized spacial score (nSPS) is 14.6. The first-order chi connectivity index (χ1) is 16.4. The summed E-state index contributed by atoms with van der Waals surface area (Å²) in [6.07, 6.45) is -6.52. The number of hydrogen-bond donors (Lipinski definition) is 0. The van der Waals surface area contributed by atoms with Crippen LogP contribution in [0, 0.1) is 11.2 Å². The lowest BCUT2D eigenvalue weighted by Crippen LogP contribution is -2.23. The van der Waals surface area contributed by atoms with Gasteiger partial charge in [0.05, 0.1) is 15.8 Å². The van der Waals surface area contributed by atoms with Gasteiger partial charge in [0.1, 0.15) is 16.7 Å². The zero-order chi connectivity index (χ0) is 27.2. The molecular weight excluding hydrogens is 502 g/mol. The minimum absolute atomic E-state index is 0.0509. The van der Waals surface area contributed by atoms with E-state index in [0.717, 1.165) is 12.1 Å². The van der Waals surface area contributed by atoms with Crippen molar-refractivity contribution in [3.8, 4) is 11.1 Å². The van der Waals surface area contributed by atoms with Gasteiger partial charge in [0.25, 0.3) is 6.43 Å². The molecule has 1 heterocycles. The molecule has 10 heteroatoms. The van der Waals surface area contributed by atoms with Crippen LogP contribution < -0.4 is 0 Å². The van der Waals surface area contributed by atoms with Crippen molar-refractivity contribution in [1.82, 2.24) is 4.57 Å². The highest BCUT2D eigenvalue weighted by molar-refractivity contribution is 7.85. The van der Waals surface area contributed by atoms with Crippen LogP contribution in [0.2, 0.25) is 0 Å². The van der Waals surface area contributed by atoms with E-state index in [1.165, 1.54) is 35.0 Å². The molecule has 0 unspecified atom stereocenters. The van der Waals surface area contributed by atoms with E-state index in [1.54, 1.807) is 20.8 Å². The molecular formula is C26H28F6N2OS. The van der Waals surface area contributed by atoms with Crippen molar-refractivity contribution in [2.45, 2.75) is 65.4 Å². The zero-order valence-corrected chi connectivity index (χ0v) is 21.6. The second-order valence-corrected chi connectivity index (χ2v) is 12.6. The Morgan fingerprint density at radius 2 is 1.58 bits per heavy atom. The zero-order valence-electron chi connectivity index (χ0n) is 20.8. The van der Waals surface area contributed by atoms with Crippen LogP contribution in [0.25, 0.3) is 22.0 Å². The van der Waals surface area contributed by atoms with Crippen LogP contribution >= 0.6 is 0 Å². The lowest BCUT2D eigenvalue weighted by Gasteiger charge is -2.20. The quantitative estimate of drug-likeness (QED) is 0.243. The molecule has 3 rings (SSSR count). The number of benzene rings is 2. The predicted octanol–water partition coefficient (Wildman–Crippen LogP) is 8.03. The Balaban J connectivity index is 2.37. The molecule has 36 heavy (non-hydrogen) atoms. The Kier molecular flexibility index (Phi) is 7.52. The summed E-state index contributed by atoms with van der Waals surface area (Å²) in [5.41, 5.74) is -3.08. The van der Waals surface area contributed by atoms with Gasteiger partial charge in [-0.1, -0.05) is 51.1 Å². The van der Waals surface area contributed by atoms with E-state index in [-0.39, 0.29) is 34.1 Å². The van der Waals surface area contributed by atoms with Gasteiger partial charge in [-0.05, 0) is 37.8 Å². The fraction of sp³-hybridized carbons (Fsp3) is 0.423. The van der Waals surface area contributed by atoms with Crippen LogP contribution in [0.5, 0.6) is 0 Å². The number of alkyl halides is 5. The minimum atomic E-state index is -4.72. The van der Waals surface area contributed by atoms with E-state index in [9.17, 15) is 26.2 Å². The number of hydrogen-bond acceptors (Lipinski definition) is 1. The van der Waals surface area contributed by atoms with E-state index in [1.807, 2.05) is 20.8 Å². The maximum atomic E-state index is 16.0. The summed E-state index contributed by atoms with van der Waals surface area (Å²) in [6.45, 7) is 10.5. The summed E-state index contributed by atoms with van der Waals surface area (Å²) in [6, 6.07) is 7.08. The highest BCUT2D eigenvalue weighted by atomic mass is 32.2. The molecule has 3 aromatic rings. The van der Waals surface area contributed by atoms with Gasteiger partial charge in [0.2, 0.25) is 0 Å². The first-order valence-electron chi connectivity index (χ1n) is 11.2. The van der Waals surface area contributed by atoms with Crippen LogP contribution in [-0.2, 0) is 23.7 Å². The summed E-state index contributed by atoms with van der Waals surface area (Å²) in [7, 11) is -2.01. The van der Waals surface area contributed by atoms with Crippen molar-refractivity contribution in [1.29, 1.82) is 0 Å². The lowest BCUT2D eigenvalue weighted by molar-refractivity contribution is -0.137. The minimum Gasteiger partial charge on any atom is -0.344 e. The SMILES string of the molecule is CC(C)(C)Cn1cc(C(=N[S@@](=O)C(C)(C)C)C(F)F)c2ccc(-c3ccccc3C(F)(F)F)c(F)c21. The number of aromatic nitrogens is 1. The molecule has 3 nitrogen and oxygen atoms in total. The first kappa shape index (κ1) is 28.0. The Hall–Kier alpha value is -2.62. The summed E-state index contributed by atoms with van der Waals surface area (Å²) in [5, 5.41) is 0.0509. The number of fused-ring (bicyclic) bond motifs is 1. The lowest BCUT2D eigenvalue weighted by atomic mass is 9.96. The summed E-state index contributed by atoms with van der Waals surface area (Å²) in [4.78, 5) is 0. The summed E-state index contributed by atoms with van der Waals surface area (Å²) < 4.78 is 102. The van der Waals surface area contributed by atoms with Gasteiger partial charge in [0, 0.05) is 29.3 Å². The van der Waals surface area contributed by atoms with E-state index >= 15 is 4.39 Å². The number of halogens is 6. The van der Waals surface area contributed by atoms with E-state index < -0.39 is 50.8 Å². The van der Waals surface area contributed by atoms with E-state index in [4.69, 9.17) is 0 Å². The molecule has 196 valence electrons. The standard InChI is InChI=1S/C26H28F6N2OS/c1-24(2,3)14-34-13-18(21(23(28)29)33-36(35)25(4,5)6)17-12-11-16(20(27)22(17)34)15-9-7-8-10-19(15)26(30,31)32/h7-13,23H,14H2,1-6H3/t36-/m0/s1. The molecule has 1 atom stereocenters. The molecule has 0 aliphatic rings. The molecule has 0 amide bonds. The highest BCUT2D eigenvalue weighted by Crippen LogP contribution is 2.40. The molecule has 0 saturated carbocycles. The Morgan fingerprint density at radius 1 is 0.972 bits per heavy atom. The third-order valence-corrected chi connectivity index (χ3v) is 6.74. The Labute approximate surface area is 208 Å². The first-order valence-corrected chi connectivity index (χ1v) is 12.3. The van der Waals surface area contributed by atoms with Crippen molar-refractivity contribution >= 4 is 27.6 Å². The average molecular weight is 531 g/mol. The third-order valence-electron chi connectivity index (χ3n) is 5.33. The van der Waals surface area contributed by atoms with Crippen molar-refractivity contribution in [3.05, 3.63) is 59.5 Å². The molecule has 0 N–H and O–H groups in total. The third kappa shape index (κ3) is 5.85. The average Bonchev–Trinajstić information content (AvgIpc) is 3.07. The second kappa shape index (κ2) is 9.68. The van der Waals surface area contributed by atoms with Gasteiger partial charge >= 0.3 is 6.18 Å². The van der Waals surface area contributed by atoms with Crippen LogP contribution in [0.4, 0.5) is 26.3 Å². The topological polar surface area (TPSA) is 34.4 Å². The molecule has 0 aliphatic carbocycles. The maximum Gasteiger partial charge on any atom is 0.417 e. The smallest absolute Gasteiger partial charge is 0.344 e. The van der Waals surface area contributed by atoms with Crippen molar-refractivity contribution in [2.75, 3.05) is 0 Å². The van der Waals surface area contributed by atoms with E-state index in [0.29, 0.717) is 0 Å². The van der Waals surface area contributed by atoms with Crippen LogP contribution in [-0.4, -0.2) is 25.7 Å². The second-order valence-electron chi connectivity index (χ2n) is 10.7. The predicted molar refractivity (Wildman–Crippen MR) is 132 cm³/mol. The molecule has 0 saturated heterocycles.